The summed E-state index contributed by atoms with van der Waals surface area (Å²) in [5, 5.41) is 17.6. The van der Waals surface area contributed by atoms with Crippen molar-refractivity contribution in [2.75, 3.05) is 12.4 Å². The summed E-state index contributed by atoms with van der Waals surface area (Å²) < 4.78 is 6.57. The molecule has 0 aliphatic carbocycles. The predicted octanol–water partition coefficient (Wildman–Crippen LogP) is 2.69. The first-order chi connectivity index (χ1) is 9.16. The Labute approximate surface area is 120 Å². The first-order valence-corrected chi connectivity index (χ1v) is 7.79. The number of aromatic nitrogens is 2. The number of aliphatic hydroxyl groups is 1. The van der Waals surface area contributed by atoms with E-state index in [0.29, 0.717) is 5.75 Å². The zero-order valence-electron chi connectivity index (χ0n) is 10.9. The molecule has 0 aliphatic rings. The molecule has 0 amide bonds. The number of para-hydroxylation sites is 1. The average Bonchev–Trinajstić information content (AvgIpc) is 2.89. The van der Waals surface area contributed by atoms with Crippen LogP contribution in [0.3, 0.4) is 0 Å². The van der Waals surface area contributed by atoms with Gasteiger partial charge in [-0.05, 0) is 25.0 Å². The van der Waals surface area contributed by atoms with Crippen LogP contribution >= 0.6 is 23.1 Å². The summed E-state index contributed by atoms with van der Waals surface area (Å²) >= 11 is 2.97. The normalized spacial score (nSPS) is 12.4. The summed E-state index contributed by atoms with van der Waals surface area (Å²) in [7, 11) is 0. The van der Waals surface area contributed by atoms with Gasteiger partial charge in [-0.25, -0.2) is 0 Å². The molecular weight excluding hydrogens is 280 g/mol. The maximum absolute atomic E-state index is 9.90. The fourth-order valence-electron chi connectivity index (χ4n) is 1.65. The van der Waals surface area contributed by atoms with Crippen molar-refractivity contribution in [2.24, 2.45) is 0 Å². The molecule has 0 radical (unpaired) electrons. The third kappa shape index (κ3) is 4.19. The molecule has 1 atom stereocenters. The van der Waals surface area contributed by atoms with E-state index >= 15 is 0 Å². The Kier molecular flexibility index (Phi) is 5.18. The van der Waals surface area contributed by atoms with Gasteiger partial charge in [0.05, 0.1) is 6.10 Å². The maximum atomic E-state index is 9.90. The van der Waals surface area contributed by atoms with Crippen LogP contribution in [0.1, 0.15) is 11.1 Å². The number of benzene rings is 1. The highest BCUT2D eigenvalue weighted by atomic mass is 32.2. The molecule has 1 heterocycles. The lowest BCUT2D eigenvalue weighted by Crippen LogP contribution is -2.20. The van der Waals surface area contributed by atoms with Crippen LogP contribution in [0.25, 0.3) is 0 Å². The Balaban J connectivity index is 1.81. The summed E-state index contributed by atoms with van der Waals surface area (Å²) in [6.07, 6.45) is -0.520. The number of aryl methyl sites for hydroxylation is 2. The Morgan fingerprint density at radius 3 is 2.74 bits per heavy atom. The van der Waals surface area contributed by atoms with E-state index in [9.17, 15) is 5.11 Å². The minimum absolute atomic E-state index is 0.289. The number of hydrogen-bond donors (Lipinski definition) is 1. The van der Waals surface area contributed by atoms with Gasteiger partial charge in [-0.1, -0.05) is 41.3 Å². The number of nitrogens with zero attached hydrogens (tertiary/aromatic N) is 2. The van der Waals surface area contributed by atoms with Crippen molar-refractivity contribution in [3.8, 4) is 5.75 Å². The largest absolute Gasteiger partial charge is 0.490 e. The van der Waals surface area contributed by atoms with Gasteiger partial charge in [-0.3, -0.25) is 0 Å². The number of aliphatic hydroxyl groups excluding tert-OH is 1. The molecule has 0 saturated carbocycles. The van der Waals surface area contributed by atoms with Gasteiger partial charge in [0.25, 0.3) is 0 Å². The maximum Gasteiger partial charge on any atom is 0.174 e. The Bertz CT molecular complexity index is 497. The van der Waals surface area contributed by atoms with Crippen LogP contribution in [0.2, 0.25) is 0 Å². The van der Waals surface area contributed by atoms with Crippen LogP contribution in [0.15, 0.2) is 28.0 Å². The molecule has 6 heteroatoms. The lowest BCUT2D eigenvalue weighted by molar-refractivity contribution is 0.125. The van der Waals surface area contributed by atoms with E-state index in [0.717, 1.165) is 21.2 Å². The molecule has 0 spiro atoms. The summed E-state index contributed by atoms with van der Waals surface area (Å²) in [6.45, 7) is 4.30. The second-order valence-electron chi connectivity index (χ2n) is 4.20. The number of ether oxygens (including phenoxy) is 1. The summed E-state index contributed by atoms with van der Waals surface area (Å²) in [4.78, 5) is 0. The molecule has 0 saturated heterocycles. The minimum atomic E-state index is -0.520. The van der Waals surface area contributed by atoms with Crippen molar-refractivity contribution in [3.63, 3.8) is 0 Å². The van der Waals surface area contributed by atoms with Crippen molar-refractivity contribution in [1.82, 2.24) is 10.2 Å². The molecule has 2 rings (SSSR count). The van der Waals surface area contributed by atoms with Gasteiger partial charge in [0.1, 0.15) is 17.9 Å². The molecule has 1 aromatic carbocycles. The second kappa shape index (κ2) is 6.88. The molecule has 0 aliphatic heterocycles. The van der Waals surface area contributed by atoms with E-state index in [1.807, 2.05) is 32.0 Å². The fourth-order valence-corrected chi connectivity index (χ4v) is 3.07. The van der Waals surface area contributed by atoms with Crippen LogP contribution in [-0.4, -0.2) is 33.8 Å². The molecule has 2 aromatic rings. The highest BCUT2D eigenvalue weighted by molar-refractivity contribution is 8.01. The van der Waals surface area contributed by atoms with E-state index in [4.69, 9.17) is 4.74 Å². The standard InChI is InChI=1S/C13H16N2O2S2/c1-9-4-3-5-10(2)12(9)17-6-11(16)7-18-13-15-14-8-19-13/h3-5,8,11,16H,6-7H2,1-2H3/t11-/m0/s1. The third-order valence-corrected chi connectivity index (χ3v) is 4.57. The van der Waals surface area contributed by atoms with Crippen molar-refractivity contribution in [2.45, 2.75) is 24.3 Å². The zero-order valence-corrected chi connectivity index (χ0v) is 12.5. The minimum Gasteiger partial charge on any atom is -0.490 e. The predicted molar refractivity (Wildman–Crippen MR) is 78.1 cm³/mol. The van der Waals surface area contributed by atoms with Crippen LogP contribution in [0, 0.1) is 13.8 Å². The zero-order chi connectivity index (χ0) is 13.7. The van der Waals surface area contributed by atoms with Gasteiger partial charge in [0, 0.05) is 5.75 Å². The van der Waals surface area contributed by atoms with Gasteiger partial charge in [0.15, 0.2) is 4.34 Å². The Hall–Kier alpha value is -1.11. The second-order valence-corrected chi connectivity index (χ2v) is 6.30. The quantitative estimate of drug-likeness (QED) is 0.831. The summed E-state index contributed by atoms with van der Waals surface area (Å²) in [5.41, 5.74) is 3.86. The van der Waals surface area contributed by atoms with Gasteiger partial charge < -0.3 is 9.84 Å². The molecule has 0 fully saturated rings. The summed E-state index contributed by atoms with van der Waals surface area (Å²) in [5.74, 6) is 1.42. The SMILES string of the molecule is Cc1cccc(C)c1OC[C@H](O)CSc1nncs1. The van der Waals surface area contributed by atoms with Crippen LogP contribution in [0.5, 0.6) is 5.75 Å². The lowest BCUT2D eigenvalue weighted by atomic mass is 10.1. The van der Waals surface area contributed by atoms with E-state index in [1.54, 1.807) is 5.51 Å². The van der Waals surface area contributed by atoms with E-state index in [1.165, 1.54) is 23.1 Å². The van der Waals surface area contributed by atoms with E-state index < -0.39 is 6.10 Å². The summed E-state index contributed by atoms with van der Waals surface area (Å²) in [6, 6.07) is 6.01. The van der Waals surface area contributed by atoms with Gasteiger partial charge in [0.2, 0.25) is 0 Å². The third-order valence-electron chi connectivity index (χ3n) is 2.57. The Morgan fingerprint density at radius 1 is 1.37 bits per heavy atom. The first-order valence-electron chi connectivity index (χ1n) is 5.93. The Morgan fingerprint density at radius 2 is 2.11 bits per heavy atom. The fraction of sp³-hybridized carbons (Fsp3) is 0.385. The van der Waals surface area contributed by atoms with E-state index in [2.05, 4.69) is 10.2 Å². The van der Waals surface area contributed by atoms with Gasteiger partial charge >= 0.3 is 0 Å². The molecule has 1 aromatic heterocycles. The van der Waals surface area contributed by atoms with Crippen molar-refractivity contribution >= 4 is 23.1 Å². The number of hydrogen-bond acceptors (Lipinski definition) is 6. The molecule has 102 valence electrons. The molecule has 19 heavy (non-hydrogen) atoms. The van der Waals surface area contributed by atoms with Crippen LogP contribution in [-0.2, 0) is 0 Å². The highest BCUT2D eigenvalue weighted by Gasteiger charge is 2.10. The molecule has 0 unspecified atom stereocenters. The van der Waals surface area contributed by atoms with Crippen LogP contribution < -0.4 is 4.74 Å². The van der Waals surface area contributed by atoms with Gasteiger partial charge in [-0.2, -0.15) is 0 Å². The molecule has 0 bridgehead atoms. The molecular formula is C13H16N2O2S2. The van der Waals surface area contributed by atoms with Crippen molar-refractivity contribution in [3.05, 3.63) is 34.8 Å². The number of thioether (sulfide) groups is 1. The highest BCUT2D eigenvalue weighted by Crippen LogP contribution is 2.23. The lowest BCUT2D eigenvalue weighted by Gasteiger charge is -2.14. The average molecular weight is 296 g/mol. The number of rotatable bonds is 6. The molecule has 1 N–H and O–H groups in total. The molecule has 4 nitrogen and oxygen atoms in total. The van der Waals surface area contributed by atoms with Crippen molar-refractivity contribution in [1.29, 1.82) is 0 Å². The van der Waals surface area contributed by atoms with Gasteiger partial charge in [-0.15, -0.1) is 10.2 Å². The van der Waals surface area contributed by atoms with Crippen LogP contribution in [0.4, 0.5) is 0 Å². The van der Waals surface area contributed by atoms with Crippen molar-refractivity contribution < 1.29 is 9.84 Å². The first kappa shape index (κ1) is 14.3. The monoisotopic (exact) mass is 296 g/mol. The smallest absolute Gasteiger partial charge is 0.174 e. The topological polar surface area (TPSA) is 55.2 Å². The van der Waals surface area contributed by atoms with E-state index in [-0.39, 0.29) is 6.61 Å².